The van der Waals surface area contributed by atoms with E-state index < -0.39 is 0 Å². The van der Waals surface area contributed by atoms with Gasteiger partial charge in [0, 0.05) is 0 Å². The Balaban J connectivity index is 2.38. The number of hydrogen-bond donors (Lipinski definition) is 1. The highest BCUT2D eigenvalue weighted by Gasteiger charge is 2.08. The van der Waals surface area contributed by atoms with Crippen LogP contribution in [0.3, 0.4) is 0 Å². The van der Waals surface area contributed by atoms with Crippen molar-refractivity contribution in [2.45, 2.75) is 26.3 Å². The third-order valence-electron chi connectivity index (χ3n) is 2.65. The summed E-state index contributed by atoms with van der Waals surface area (Å²) in [6.07, 6.45) is 0. The second-order valence-electron chi connectivity index (χ2n) is 4.29. The normalized spacial score (nSPS) is 11.1. The van der Waals surface area contributed by atoms with Gasteiger partial charge in [-0.15, -0.1) is 5.10 Å². The first kappa shape index (κ1) is 11.7. The van der Waals surface area contributed by atoms with Gasteiger partial charge >= 0.3 is 0 Å². The molecule has 5 nitrogen and oxygen atoms in total. The van der Waals surface area contributed by atoms with E-state index in [-0.39, 0.29) is 0 Å². The summed E-state index contributed by atoms with van der Waals surface area (Å²) in [6, 6.07) is 8.30. The zero-order valence-corrected chi connectivity index (χ0v) is 10.4. The van der Waals surface area contributed by atoms with Crippen LogP contribution in [-0.4, -0.2) is 27.3 Å². The van der Waals surface area contributed by atoms with Crippen LogP contribution in [0.5, 0.6) is 0 Å². The van der Waals surface area contributed by atoms with E-state index in [1.165, 1.54) is 5.56 Å². The molecule has 0 saturated heterocycles. The summed E-state index contributed by atoms with van der Waals surface area (Å²) >= 11 is 0. The molecule has 1 aromatic heterocycles. The third kappa shape index (κ3) is 2.50. The van der Waals surface area contributed by atoms with Crippen molar-refractivity contribution in [3.8, 4) is 5.69 Å². The molecule has 0 aliphatic carbocycles. The molecule has 0 spiro atoms. The maximum Gasteiger partial charge on any atom is 0.170 e. The summed E-state index contributed by atoms with van der Waals surface area (Å²) in [7, 11) is 1.88. The lowest BCUT2D eigenvalue weighted by Gasteiger charge is -2.08. The molecule has 0 aliphatic rings. The molecule has 2 aromatic rings. The molecule has 90 valence electrons. The molecule has 1 N–H and O–H groups in total. The molecule has 1 heterocycles. The highest BCUT2D eigenvalue weighted by atomic mass is 15.5. The van der Waals surface area contributed by atoms with Gasteiger partial charge in [0.2, 0.25) is 0 Å². The second-order valence-corrected chi connectivity index (χ2v) is 4.29. The summed E-state index contributed by atoms with van der Waals surface area (Å²) in [5.74, 6) is 1.31. The quantitative estimate of drug-likeness (QED) is 0.866. The van der Waals surface area contributed by atoms with Crippen molar-refractivity contribution >= 4 is 0 Å². The largest absolute Gasteiger partial charge is 0.313 e. The fraction of sp³-hybridized carbons (Fsp3) is 0.417. The lowest BCUT2D eigenvalue weighted by Crippen LogP contribution is -2.12. The van der Waals surface area contributed by atoms with Crippen LogP contribution in [0.15, 0.2) is 24.3 Å². The molecule has 17 heavy (non-hydrogen) atoms. The van der Waals surface area contributed by atoms with E-state index >= 15 is 0 Å². The van der Waals surface area contributed by atoms with Gasteiger partial charge in [-0.3, -0.25) is 0 Å². The first-order valence-electron chi connectivity index (χ1n) is 5.74. The summed E-state index contributed by atoms with van der Waals surface area (Å²) < 4.78 is 1.77. The summed E-state index contributed by atoms with van der Waals surface area (Å²) in [6.45, 7) is 5.00. The minimum absolute atomic E-state index is 0.499. The average molecular weight is 231 g/mol. The molecular formula is C12H17N5. The van der Waals surface area contributed by atoms with Gasteiger partial charge in [0.25, 0.3) is 0 Å². The van der Waals surface area contributed by atoms with Gasteiger partial charge in [-0.2, -0.15) is 4.68 Å². The molecule has 0 bridgehead atoms. The van der Waals surface area contributed by atoms with Crippen molar-refractivity contribution in [2.75, 3.05) is 7.05 Å². The predicted octanol–water partition coefficient (Wildman–Crippen LogP) is 1.51. The van der Waals surface area contributed by atoms with E-state index in [4.69, 9.17) is 0 Å². The first-order chi connectivity index (χ1) is 8.22. The van der Waals surface area contributed by atoms with Crippen molar-refractivity contribution in [1.29, 1.82) is 0 Å². The summed E-state index contributed by atoms with van der Waals surface area (Å²) in [5, 5.41) is 14.8. The first-order valence-corrected chi connectivity index (χ1v) is 5.74. The van der Waals surface area contributed by atoms with E-state index in [9.17, 15) is 0 Å². The van der Waals surface area contributed by atoms with Crippen molar-refractivity contribution in [3.63, 3.8) is 0 Å². The van der Waals surface area contributed by atoms with Crippen LogP contribution < -0.4 is 5.32 Å². The summed E-state index contributed by atoms with van der Waals surface area (Å²) in [4.78, 5) is 0. The highest BCUT2D eigenvalue weighted by molar-refractivity contribution is 5.36. The van der Waals surface area contributed by atoms with Gasteiger partial charge in [-0.25, -0.2) is 0 Å². The predicted molar refractivity (Wildman–Crippen MR) is 66.0 cm³/mol. The zero-order chi connectivity index (χ0) is 12.3. The van der Waals surface area contributed by atoms with Crippen LogP contribution in [0.25, 0.3) is 5.69 Å². The smallest absolute Gasteiger partial charge is 0.170 e. The summed E-state index contributed by atoms with van der Waals surface area (Å²) in [5.41, 5.74) is 2.29. The monoisotopic (exact) mass is 231 g/mol. The lowest BCUT2D eigenvalue weighted by molar-refractivity contribution is 0.707. The molecule has 0 saturated carbocycles. The minimum Gasteiger partial charge on any atom is -0.313 e. The molecule has 0 amide bonds. The molecule has 0 radical (unpaired) electrons. The standard InChI is InChI=1S/C12H17N5/c1-9(2)10-5-4-6-11(7-10)17-12(8-13-3)14-15-16-17/h4-7,9,13H,8H2,1-3H3. The maximum atomic E-state index is 4.02. The Kier molecular flexibility index (Phi) is 3.49. The van der Waals surface area contributed by atoms with Crippen molar-refractivity contribution in [1.82, 2.24) is 25.5 Å². The number of hydrogen-bond acceptors (Lipinski definition) is 4. The lowest BCUT2D eigenvalue weighted by atomic mass is 10.0. The van der Waals surface area contributed by atoms with Gasteiger partial charge in [0.1, 0.15) is 0 Å². The molecule has 2 rings (SSSR count). The molecular weight excluding hydrogens is 214 g/mol. The fourth-order valence-electron chi connectivity index (χ4n) is 1.69. The van der Waals surface area contributed by atoms with Crippen molar-refractivity contribution < 1.29 is 0 Å². The number of aromatic nitrogens is 4. The zero-order valence-electron chi connectivity index (χ0n) is 10.4. The molecule has 1 aromatic carbocycles. The van der Waals surface area contributed by atoms with E-state index in [0.717, 1.165) is 11.5 Å². The Morgan fingerprint density at radius 1 is 1.35 bits per heavy atom. The second kappa shape index (κ2) is 5.05. The molecule has 0 atom stereocenters. The Morgan fingerprint density at radius 3 is 2.88 bits per heavy atom. The Bertz CT molecular complexity index is 489. The molecule has 0 unspecified atom stereocenters. The van der Waals surface area contributed by atoms with Crippen molar-refractivity contribution in [2.24, 2.45) is 0 Å². The van der Waals surface area contributed by atoms with Crippen LogP contribution in [0.2, 0.25) is 0 Å². The molecule has 0 fully saturated rings. The van der Waals surface area contributed by atoms with Crippen molar-refractivity contribution in [3.05, 3.63) is 35.7 Å². The number of rotatable bonds is 4. The number of tetrazole rings is 1. The Morgan fingerprint density at radius 2 is 2.18 bits per heavy atom. The van der Waals surface area contributed by atoms with Crippen LogP contribution >= 0.6 is 0 Å². The van der Waals surface area contributed by atoms with E-state index in [2.05, 4.69) is 46.8 Å². The van der Waals surface area contributed by atoms with Gasteiger partial charge in [0.05, 0.1) is 12.2 Å². The van der Waals surface area contributed by atoms with Gasteiger partial charge < -0.3 is 5.32 Å². The number of nitrogens with one attached hydrogen (secondary N) is 1. The van der Waals surface area contributed by atoms with Crippen LogP contribution in [-0.2, 0) is 6.54 Å². The fourth-order valence-corrected chi connectivity index (χ4v) is 1.69. The third-order valence-corrected chi connectivity index (χ3v) is 2.65. The molecule has 0 aliphatic heterocycles. The van der Waals surface area contributed by atoms with E-state index in [0.29, 0.717) is 12.5 Å². The van der Waals surface area contributed by atoms with Gasteiger partial charge in [-0.1, -0.05) is 26.0 Å². The van der Waals surface area contributed by atoms with Crippen LogP contribution in [0.1, 0.15) is 31.2 Å². The molecule has 5 heteroatoms. The van der Waals surface area contributed by atoms with Crippen LogP contribution in [0.4, 0.5) is 0 Å². The maximum absolute atomic E-state index is 4.02. The van der Waals surface area contributed by atoms with E-state index in [1.807, 2.05) is 19.2 Å². The van der Waals surface area contributed by atoms with Gasteiger partial charge in [0.15, 0.2) is 5.82 Å². The Hall–Kier alpha value is -1.75. The SMILES string of the molecule is CNCc1nnnn1-c1cccc(C(C)C)c1. The highest BCUT2D eigenvalue weighted by Crippen LogP contribution is 2.17. The van der Waals surface area contributed by atoms with Crippen LogP contribution in [0, 0.1) is 0 Å². The van der Waals surface area contributed by atoms with Gasteiger partial charge in [-0.05, 0) is 41.1 Å². The number of benzene rings is 1. The van der Waals surface area contributed by atoms with E-state index in [1.54, 1.807) is 4.68 Å². The minimum atomic E-state index is 0.499. The topological polar surface area (TPSA) is 55.6 Å². The Labute approximate surface area is 101 Å². The average Bonchev–Trinajstić information content (AvgIpc) is 2.78. The number of nitrogens with zero attached hydrogens (tertiary/aromatic N) is 4.